The smallest absolute Gasteiger partial charge is 0.389 e. The van der Waals surface area contributed by atoms with E-state index in [4.69, 9.17) is 10.8 Å². The molecule has 0 aromatic rings. The molecule has 0 aliphatic carbocycles. The highest BCUT2D eigenvalue weighted by Crippen LogP contribution is 2.25. The number of carboxylic acid groups (broad SMARTS) is 1. The summed E-state index contributed by atoms with van der Waals surface area (Å²) in [5.41, 5.74) is 4.74. The number of rotatable bonds is 5. The number of carbonyl (C=O) groups is 2. The first kappa shape index (κ1) is 12.7. The summed E-state index contributed by atoms with van der Waals surface area (Å²) < 4.78 is 35.2. The van der Waals surface area contributed by atoms with E-state index >= 15 is 0 Å². The summed E-state index contributed by atoms with van der Waals surface area (Å²) in [6.07, 6.45) is -6.84. The van der Waals surface area contributed by atoms with Gasteiger partial charge in [0, 0.05) is 12.3 Å². The van der Waals surface area contributed by atoms with Gasteiger partial charge in [0.2, 0.25) is 5.91 Å². The number of aliphatic carboxylic acids is 1. The van der Waals surface area contributed by atoms with Crippen LogP contribution in [0.1, 0.15) is 19.3 Å². The van der Waals surface area contributed by atoms with Gasteiger partial charge < -0.3 is 10.8 Å². The topological polar surface area (TPSA) is 80.4 Å². The summed E-state index contributed by atoms with van der Waals surface area (Å²) in [6, 6.07) is 0. The molecule has 0 rings (SSSR count). The van der Waals surface area contributed by atoms with E-state index in [0.717, 1.165) is 0 Å². The third-order valence-electron chi connectivity index (χ3n) is 1.60. The van der Waals surface area contributed by atoms with Gasteiger partial charge in [-0.05, 0) is 6.42 Å². The van der Waals surface area contributed by atoms with E-state index in [0.29, 0.717) is 0 Å². The van der Waals surface area contributed by atoms with Crippen LogP contribution < -0.4 is 5.73 Å². The first-order valence-corrected chi connectivity index (χ1v) is 3.80. The Morgan fingerprint density at radius 3 is 2.14 bits per heavy atom. The van der Waals surface area contributed by atoms with Gasteiger partial charge in [-0.25, -0.2) is 0 Å². The lowest BCUT2D eigenvalue weighted by Gasteiger charge is -2.11. The van der Waals surface area contributed by atoms with Crippen LogP contribution in [0.25, 0.3) is 0 Å². The van der Waals surface area contributed by atoms with Crippen molar-refractivity contribution in [1.82, 2.24) is 0 Å². The Bertz CT molecular complexity index is 227. The molecule has 14 heavy (non-hydrogen) atoms. The number of nitrogens with two attached hydrogens (primary N) is 1. The molecule has 0 saturated carbocycles. The predicted molar refractivity (Wildman–Crippen MR) is 40.2 cm³/mol. The van der Waals surface area contributed by atoms with Crippen molar-refractivity contribution in [3.05, 3.63) is 0 Å². The highest BCUT2D eigenvalue weighted by atomic mass is 19.4. The molecule has 82 valence electrons. The fraction of sp³-hybridized carbons (Fsp3) is 0.714. The second-order valence-electron chi connectivity index (χ2n) is 2.85. The Balaban J connectivity index is 4.11. The Morgan fingerprint density at radius 2 is 1.86 bits per heavy atom. The molecule has 0 aromatic heterocycles. The predicted octanol–water partition coefficient (Wildman–Crippen LogP) is 0.905. The van der Waals surface area contributed by atoms with Crippen LogP contribution >= 0.6 is 0 Å². The number of primary amides is 1. The Kier molecular flexibility index (Phi) is 4.39. The maximum Gasteiger partial charge on any atom is 0.389 e. The van der Waals surface area contributed by atoms with Crippen molar-refractivity contribution in [2.75, 3.05) is 0 Å². The number of alkyl halides is 3. The Hall–Kier alpha value is -1.27. The number of carboxylic acids is 1. The van der Waals surface area contributed by atoms with Gasteiger partial charge in [0.25, 0.3) is 0 Å². The molecule has 3 N–H and O–H groups in total. The first-order valence-electron chi connectivity index (χ1n) is 3.80. The molecule has 0 fully saturated rings. The Labute approximate surface area is 77.9 Å². The van der Waals surface area contributed by atoms with Gasteiger partial charge in [-0.3, -0.25) is 9.59 Å². The molecule has 0 heterocycles. The van der Waals surface area contributed by atoms with Gasteiger partial charge in [0.15, 0.2) is 0 Å². The molecule has 0 radical (unpaired) electrons. The van der Waals surface area contributed by atoms with Crippen LogP contribution in [-0.2, 0) is 9.59 Å². The normalized spacial score (nSPS) is 13.6. The fourth-order valence-electron chi connectivity index (χ4n) is 0.894. The van der Waals surface area contributed by atoms with Crippen LogP contribution in [0.4, 0.5) is 13.2 Å². The number of amides is 1. The molecule has 0 aliphatic heterocycles. The minimum Gasteiger partial charge on any atom is -0.481 e. The minimum absolute atomic E-state index is 0.578. The van der Waals surface area contributed by atoms with Gasteiger partial charge in [0.1, 0.15) is 0 Å². The zero-order chi connectivity index (χ0) is 11.4. The fourth-order valence-corrected chi connectivity index (χ4v) is 0.894. The zero-order valence-corrected chi connectivity index (χ0v) is 7.17. The number of hydrogen-bond acceptors (Lipinski definition) is 2. The van der Waals surface area contributed by atoms with E-state index < -0.39 is 43.2 Å². The van der Waals surface area contributed by atoms with Gasteiger partial charge in [-0.2, -0.15) is 13.2 Å². The van der Waals surface area contributed by atoms with Gasteiger partial charge in [-0.15, -0.1) is 0 Å². The van der Waals surface area contributed by atoms with E-state index in [-0.39, 0.29) is 0 Å². The summed E-state index contributed by atoms with van der Waals surface area (Å²) >= 11 is 0. The van der Waals surface area contributed by atoms with Crippen LogP contribution in [-0.4, -0.2) is 23.2 Å². The van der Waals surface area contributed by atoms with Crippen LogP contribution in [0.5, 0.6) is 0 Å². The summed E-state index contributed by atoms with van der Waals surface area (Å²) in [5.74, 6) is -3.61. The monoisotopic (exact) mass is 213 g/mol. The van der Waals surface area contributed by atoms with Crippen molar-refractivity contribution in [3.63, 3.8) is 0 Å². The molecule has 0 saturated heterocycles. The third-order valence-corrected chi connectivity index (χ3v) is 1.60. The lowest BCUT2D eigenvalue weighted by atomic mass is 9.99. The van der Waals surface area contributed by atoms with Gasteiger partial charge in [-0.1, -0.05) is 0 Å². The van der Waals surface area contributed by atoms with Crippen molar-refractivity contribution < 1.29 is 27.9 Å². The second-order valence-corrected chi connectivity index (χ2v) is 2.85. The maximum absolute atomic E-state index is 11.7. The zero-order valence-electron chi connectivity index (χ0n) is 7.17. The van der Waals surface area contributed by atoms with Gasteiger partial charge >= 0.3 is 12.1 Å². The van der Waals surface area contributed by atoms with E-state index in [1.807, 2.05) is 0 Å². The van der Waals surface area contributed by atoms with E-state index in [1.165, 1.54) is 0 Å². The van der Waals surface area contributed by atoms with Crippen LogP contribution in [0.15, 0.2) is 0 Å². The molecular weight excluding hydrogens is 203 g/mol. The SMILES string of the molecule is NC(=O)C(CCC(F)(F)F)CC(=O)O. The summed E-state index contributed by atoms with van der Waals surface area (Å²) in [5, 5.41) is 8.27. The molecule has 1 amide bonds. The van der Waals surface area contributed by atoms with Crippen molar-refractivity contribution in [2.45, 2.75) is 25.4 Å². The van der Waals surface area contributed by atoms with Crippen molar-refractivity contribution in [2.24, 2.45) is 11.7 Å². The molecule has 0 spiro atoms. The molecule has 0 aliphatic rings. The highest BCUT2D eigenvalue weighted by Gasteiger charge is 2.30. The molecule has 1 atom stereocenters. The van der Waals surface area contributed by atoms with Crippen molar-refractivity contribution >= 4 is 11.9 Å². The summed E-state index contributed by atoms with van der Waals surface area (Å²) in [7, 11) is 0. The van der Waals surface area contributed by atoms with E-state index in [2.05, 4.69) is 0 Å². The number of carbonyl (C=O) groups excluding carboxylic acids is 1. The Morgan fingerprint density at radius 1 is 1.36 bits per heavy atom. The van der Waals surface area contributed by atoms with Crippen LogP contribution in [0.3, 0.4) is 0 Å². The molecule has 0 bridgehead atoms. The standard InChI is InChI=1S/C7H10F3NO3/c8-7(9,10)2-1-4(6(11)14)3-5(12)13/h4H,1-3H2,(H2,11,14)(H,12,13). The quantitative estimate of drug-likeness (QED) is 0.712. The number of hydrogen-bond donors (Lipinski definition) is 2. The summed E-state index contributed by atoms with van der Waals surface area (Å²) in [4.78, 5) is 20.7. The second kappa shape index (κ2) is 4.83. The summed E-state index contributed by atoms with van der Waals surface area (Å²) in [6.45, 7) is 0. The molecule has 0 aromatic carbocycles. The van der Waals surface area contributed by atoms with Crippen LogP contribution in [0, 0.1) is 5.92 Å². The largest absolute Gasteiger partial charge is 0.481 e. The van der Waals surface area contributed by atoms with Crippen molar-refractivity contribution in [3.8, 4) is 0 Å². The van der Waals surface area contributed by atoms with Crippen molar-refractivity contribution in [1.29, 1.82) is 0 Å². The average molecular weight is 213 g/mol. The van der Waals surface area contributed by atoms with Crippen LogP contribution in [0.2, 0.25) is 0 Å². The van der Waals surface area contributed by atoms with E-state index in [9.17, 15) is 22.8 Å². The average Bonchev–Trinajstić information content (AvgIpc) is 1.94. The van der Waals surface area contributed by atoms with E-state index in [1.54, 1.807) is 0 Å². The molecular formula is C7H10F3NO3. The first-order chi connectivity index (χ1) is 6.22. The molecule has 7 heteroatoms. The lowest BCUT2D eigenvalue weighted by molar-refractivity contribution is -0.146. The van der Waals surface area contributed by atoms with Gasteiger partial charge in [0.05, 0.1) is 6.42 Å². The molecule has 4 nitrogen and oxygen atoms in total. The maximum atomic E-state index is 11.7. The minimum atomic E-state index is -4.40. The highest BCUT2D eigenvalue weighted by molar-refractivity contribution is 5.81. The lowest BCUT2D eigenvalue weighted by Crippen LogP contribution is -2.27. The third kappa shape index (κ3) is 6.27. The molecule has 1 unspecified atom stereocenters. The number of halogens is 3.